The Labute approximate surface area is 199 Å². The molecule has 1 N–H and O–H groups in total. The van der Waals surface area contributed by atoms with Gasteiger partial charge in [0.15, 0.2) is 0 Å². The molecule has 0 spiro atoms. The lowest BCUT2D eigenvalue weighted by Gasteiger charge is -2.34. The fourth-order valence-electron chi connectivity index (χ4n) is 4.56. The molecule has 188 valence electrons. The first-order valence-electron chi connectivity index (χ1n) is 11.3. The number of amides is 2. The molecule has 1 saturated heterocycles. The van der Waals surface area contributed by atoms with Gasteiger partial charge in [0.25, 0.3) is 5.56 Å². The highest BCUT2D eigenvalue weighted by Gasteiger charge is 2.41. The third-order valence-corrected chi connectivity index (χ3v) is 6.37. The number of hydrogen-bond donors (Lipinski definition) is 1. The SMILES string of the molecule is CC(=O)N1CCN(C(=O)CCOC[C@@H]2c3ccccc3CN2c2cn[nH]c(=O)c2C(F)(F)F)CC1. The van der Waals surface area contributed by atoms with Crippen LogP contribution in [0.2, 0.25) is 0 Å². The zero-order chi connectivity index (χ0) is 25.2. The van der Waals surface area contributed by atoms with E-state index in [1.54, 1.807) is 21.9 Å². The van der Waals surface area contributed by atoms with E-state index in [2.05, 4.69) is 5.10 Å². The average Bonchev–Trinajstić information content (AvgIpc) is 3.19. The maximum absolute atomic E-state index is 13.7. The number of ether oxygens (including phenoxy) is 1. The summed E-state index contributed by atoms with van der Waals surface area (Å²) < 4.78 is 46.8. The summed E-state index contributed by atoms with van der Waals surface area (Å²) >= 11 is 0. The molecule has 3 heterocycles. The molecule has 0 aliphatic carbocycles. The van der Waals surface area contributed by atoms with Gasteiger partial charge in [-0.3, -0.25) is 14.4 Å². The number of piperazine rings is 1. The topological polar surface area (TPSA) is 98.8 Å². The van der Waals surface area contributed by atoms with Crippen molar-refractivity contribution < 1.29 is 27.5 Å². The zero-order valence-electron chi connectivity index (χ0n) is 19.2. The van der Waals surface area contributed by atoms with Gasteiger partial charge in [-0.1, -0.05) is 24.3 Å². The Kier molecular flexibility index (Phi) is 7.10. The van der Waals surface area contributed by atoms with Crippen LogP contribution in [0.25, 0.3) is 0 Å². The standard InChI is InChI=1S/C23H26F3N5O4/c1-15(32)29-7-9-30(10-8-29)20(33)6-11-35-14-19-17-5-3-2-4-16(17)13-31(19)18-12-27-28-22(34)21(18)23(24,25)26/h2-5,12,19H,6-11,13-14H2,1H3,(H,28,34)/t19-/m1/s1. The van der Waals surface area contributed by atoms with E-state index in [1.165, 1.54) is 11.8 Å². The Hall–Kier alpha value is -3.41. The van der Waals surface area contributed by atoms with Crippen molar-refractivity contribution >= 4 is 17.5 Å². The summed E-state index contributed by atoms with van der Waals surface area (Å²) in [4.78, 5) is 40.8. The summed E-state index contributed by atoms with van der Waals surface area (Å²) in [5.41, 5.74) is -1.29. The Morgan fingerprint density at radius 1 is 1.14 bits per heavy atom. The minimum absolute atomic E-state index is 0.0221. The monoisotopic (exact) mass is 493 g/mol. The number of halogens is 3. The fraction of sp³-hybridized carbons (Fsp3) is 0.478. The molecular weight excluding hydrogens is 467 g/mol. The average molecular weight is 493 g/mol. The summed E-state index contributed by atoms with van der Waals surface area (Å²) in [6, 6.07) is 6.65. The Morgan fingerprint density at radius 3 is 2.51 bits per heavy atom. The molecule has 1 aromatic carbocycles. The number of hydrogen-bond acceptors (Lipinski definition) is 6. The third kappa shape index (κ3) is 5.31. The zero-order valence-corrected chi connectivity index (χ0v) is 19.2. The van der Waals surface area contributed by atoms with Gasteiger partial charge in [-0.15, -0.1) is 0 Å². The molecular formula is C23H26F3N5O4. The molecule has 1 fully saturated rings. The summed E-state index contributed by atoms with van der Waals surface area (Å²) in [6.45, 7) is 3.68. The molecule has 2 aliphatic heterocycles. The van der Waals surface area contributed by atoms with Crippen LogP contribution in [-0.4, -0.2) is 71.2 Å². The van der Waals surface area contributed by atoms with Crippen LogP contribution in [0, 0.1) is 0 Å². The van der Waals surface area contributed by atoms with Crippen molar-refractivity contribution in [1.82, 2.24) is 20.0 Å². The number of nitrogens with zero attached hydrogens (tertiary/aromatic N) is 4. The quantitative estimate of drug-likeness (QED) is 0.618. The van der Waals surface area contributed by atoms with E-state index in [4.69, 9.17) is 4.74 Å². The molecule has 35 heavy (non-hydrogen) atoms. The van der Waals surface area contributed by atoms with Gasteiger partial charge in [-0.2, -0.15) is 18.3 Å². The molecule has 0 bridgehead atoms. The second-order valence-electron chi connectivity index (χ2n) is 8.51. The fourth-order valence-corrected chi connectivity index (χ4v) is 4.56. The van der Waals surface area contributed by atoms with Crippen LogP contribution in [0.1, 0.15) is 36.1 Å². The molecule has 0 saturated carbocycles. The largest absolute Gasteiger partial charge is 0.423 e. The van der Waals surface area contributed by atoms with Gasteiger partial charge >= 0.3 is 6.18 Å². The molecule has 4 rings (SSSR count). The second-order valence-corrected chi connectivity index (χ2v) is 8.51. The number of H-pyrrole nitrogens is 1. The van der Waals surface area contributed by atoms with Crippen molar-refractivity contribution in [3.8, 4) is 0 Å². The van der Waals surface area contributed by atoms with Gasteiger partial charge < -0.3 is 19.4 Å². The van der Waals surface area contributed by atoms with Crippen LogP contribution < -0.4 is 10.5 Å². The van der Waals surface area contributed by atoms with Crippen LogP contribution in [0.3, 0.4) is 0 Å². The number of alkyl halides is 3. The van der Waals surface area contributed by atoms with Crippen molar-refractivity contribution in [1.29, 1.82) is 0 Å². The molecule has 2 aromatic rings. The summed E-state index contributed by atoms with van der Waals surface area (Å²) in [5.74, 6) is -0.124. The molecule has 2 aliphatic rings. The smallest absolute Gasteiger partial charge is 0.378 e. The number of fused-ring (bicyclic) bond motifs is 1. The van der Waals surface area contributed by atoms with Crippen LogP contribution in [0.15, 0.2) is 35.3 Å². The van der Waals surface area contributed by atoms with E-state index in [0.29, 0.717) is 26.2 Å². The van der Waals surface area contributed by atoms with E-state index >= 15 is 0 Å². The minimum atomic E-state index is -4.86. The predicted molar refractivity (Wildman–Crippen MR) is 119 cm³/mol. The number of carbonyl (C=O) groups excluding carboxylic acids is 2. The second kappa shape index (κ2) is 10.1. The van der Waals surface area contributed by atoms with Crippen molar-refractivity contribution in [2.75, 3.05) is 44.3 Å². The van der Waals surface area contributed by atoms with Crippen LogP contribution in [0.5, 0.6) is 0 Å². The van der Waals surface area contributed by atoms with Gasteiger partial charge in [0.2, 0.25) is 11.8 Å². The van der Waals surface area contributed by atoms with Crippen LogP contribution in [0.4, 0.5) is 18.9 Å². The highest BCUT2D eigenvalue weighted by atomic mass is 19.4. The number of rotatable bonds is 6. The third-order valence-electron chi connectivity index (χ3n) is 6.37. The van der Waals surface area contributed by atoms with Crippen LogP contribution in [-0.2, 0) is 27.0 Å². The van der Waals surface area contributed by atoms with Gasteiger partial charge in [-0.05, 0) is 11.1 Å². The maximum Gasteiger partial charge on any atom is 0.423 e. The number of nitrogens with one attached hydrogen (secondary N) is 1. The van der Waals surface area contributed by atoms with Crippen molar-refractivity contribution in [2.45, 2.75) is 32.1 Å². The van der Waals surface area contributed by atoms with E-state index in [9.17, 15) is 27.6 Å². The van der Waals surface area contributed by atoms with E-state index in [1.807, 2.05) is 17.2 Å². The number of aromatic amines is 1. The predicted octanol–water partition coefficient (Wildman–Crippen LogP) is 1.95. The van der Waals surface area contributed by atoms with E-state index in [-0.39, 0.29) is 43.7 Å². The summed E-state index contributed by atoms with van der Waals surface area (Å²) in [7, 11) is 0. The lowest BCUT2D eigenvalue weighted by Crippen LogP contribution is -2.50. The highest BCUT2D eigenvalue weighted by Crippen LogP contribution is 2.42. The van der Waals surface area contributed by atoms with Gasteiger partial charge in [-0.25, -0.2) is 5.10 Å². The number of benzene rings is 1. The molecule has 2 amide bonds. The van der Waals surface area contributed by atoms with Gasteiger partial charge in [0.1, 0.15) is 5.56 Å². The lowest BCUT2D eigenvalue weighted by atomic mass is 10.1. The van der Waals surface area contributed by atoms with Crippen LogP contribution >= 0.6 is 0 Å². The van der Waals surface area contributed by atoms with Crippen molar-refractivity contribution in [3.05, 3.63) is 57.5 Å². The Morgan fingerprint density at radius 2 is 1.83 bits per heavy atom. The Balaban J connectivity index is 1.43. The number of carbonyl (C=O) groups is 2. The molecule has 0 radical (unpaired) electrons. The molecule has 1 atom stereocenters. The Bertz CT molecular complexity index is 1140. The first-order chi connectivity index (χ1) is 16.7. The van der Waals surface area contributed by atoms with E-state index < -0.39 is 23.3 Å². The molecule has 9 nitrogen and oxygen atoms in total. The van der Waals surface area contributed by atoms with Gasteiger partial charge in [0.05, 0.1) is 37.6 Å². The first-order valence-corrected chi connectivity index (χ1v) is 11.3. The first kappa shape index (κ1) is 24.7. The molecule has 1 aromatic heterocycles. The van der Waals surface area contributed by atoms with E-state index in [0.717, 1.165) is 17.3 Å². The summed E-state index contributed by atoms with van der Waals surface area (Å²) in [6.07, 6.45) is -3.73. The number of anilines is 1. The lowest BCUT2D eigenvalue weighted by molar-refractivity contribution is -0.139. The normalized spacial score (nSPS) is 18.1. The summed E-state index contributed by atoms with van der Waals surface area (Å²) in [5, 5.41) is 5.46. The van der Waals surface area contributed by atoms with Crippen molar-refractivity contribution in [2.24, 2.45) is 0 Å². The molecule has 12 heteroatoms. The minimum Gasteiger partial charge on any atom is -0.378 e. The van der Waals surface area contributed by atoms with Crippen molar-refractivity contribution in [3.63, 3.8) is 0 Å². The van der Waals surface area contributed by atoms with Gasteiger partial charge in [0, 0.05) is 39.6 Å². The highest BCUT2D eigenvalue weighted by molar-refractivity contribution is 5.77. The maximum atomic E-state index is 13.7. The molecule has 0 unspecified atom stereocenters. The number of aromatic nitrogens is 2.